The molecule has 24 heavy (non-hydrogen) atoms. The van der Waals surface area contributed by atoms with E-state index in [2.05, 4.69) is 5.10 Å². The number of amides is 1. The molecule has 1 aromatic carbocycles. The zero-order chi connectivity index (χ0) is 17.5. The lowest BCUT2D eigenvalue weighted by Gasteiger charge is -2.25. The van der Waals surface area contributed by atoms with Crippen molar-refractivity contribution in [2.24, 2.45) is 7.05 Å². The molecule has 0 spiro atoms. The number of alkyl halides is 3. The van der Waals surface area contributed by atoms with Crippen LogP contribution in [0.1, 0.15) is 46.2 Å². The SMILES string of the molecule is Cc1ccc(C2CCCN2C(=O)c2cc(C(F)(F)F)nn2C)cc1. The van der Waals surface area contributed by atoms with E-state index in [1.54, 1.807) is 4.90 Å². The predicted octanol–water partition coefficient (Wildman–Crippen LogP) is 3.72. The molecule has 1 fully saturated rings. The summed E-state index contributed by atoms with van der Waals surface area (Å²) in [7, 11) is 1.36. The van der Waals surface area contributed by atoms with Crippen LogP contribution in [-0.2, 0) is 13.2 Å². The second-order valence-corrected chi connectivity index (χ2v) is 6.10. The highest BCUT2D eigenvalue weighted by molar-refractivity contribution is 5.93. The molecule has 0 bridgehead atoms. The molecule has 0 aliphatic carbocycles. The number of likely N-dealkylation sites (tertiary alicyclic amines) is 1. The molecule has 0 N–H and O–H groups in total. The van der Waals surface area contributed by atoms with Gasteiger partial charge in [-0.05, 0) is 25.3 Å². The minimum atomic E-state index is -4.56. The fraction of sp³-hybridized carbons (Fsp3) is 0.412. The normalized spacial score (nSPS) is 18.2. The summed E-state index contributed by atoms with van der Waals surface area (Å²) in [6.07, 6.45) is -2.93. The van der Waals surface area contributed by atoms with Crippen molar-refractivity contribution in [1.29, 1.82) is 0 Å². The van der Waals surface area contributed by atoms with E-state index in [4.69, 9.17) is 0 Å². The van der Waals surface area contributed by atoms with Crippen molar-refractivity contribution in [2.45, 2.75) is 32.0 Å². The van der Waals surface area contributed by atoms with E-state index in [0.717, 1.165) is 34.7 Å². The van der Waals surface area contributed by atoms with Gasteiger partial charge in [0.1, 0.15) is 5.69 Å². The molecular weight excluding hydrogens is 319 g/mol. The van der Waals surface area contributed by atoms with Gasteiger partial charge in [-0.2, -0.15) is 18.3 Å². The van der Waals surface area contributed by atoms with Crippen LogP contribution in [0.25, 0.3) is 0 Å². The van der Waals surface area contributed by atoms with Crippen LogP contribution < -0.4 is 0 Å². The van der Waals surface area contributed by atoms with E-state index in [0.29, 0.717) is 6.54 Å². The quantitative estimate of drug-likeness (QED) is 0.838. The first-order chi connectivity index (χ1) is 11.3. The van der Waals surface area contributed by atoms with Crippen molar-refractivity contribution in [1.82, 2.24) is 14.7 Å². The van der Waals surface area contributed by atoms with Crippen molar-refractivity contribution in [3.8, 4) is 0 Å². The number of carbonyl (C=O) groups is 1. The van der Waals surface area contributed by atoms with Crippen LogP contribution in [-0.4, -0.2) is 27.1 Å². The second kappa shape index (κ2) is 5.96. The number of halogens is 3. The summed E-state index contributed by atoms with van der Waals surface area (Å²) in [5, 5.41) is 3.43. The third-order valence-corrected chi connectivity index (χ3v) is 4.37. The molecule has 1 aliphatic heterocycles. The van der Waals surface area contributed by atoms with Gasteiger partial charge in [0.25, 0.3) is 5.91 Å². The van der Waals surface area contributed by atoms with E-state index in [-0.39, 0.29) is 11.7 Å². The fourth-order valence-corrected chi connectivity index (χ4v) is 3.10. The number of rotatable bonds is 2. The minimum Gasteiger partial charge on any atom is -0.330 e. The van der Waals surface area contributed by atoms with E-state index in [1.165, 1.54) is 7.05 Å². The maximum absolute atomic E-state index is 12.8. The van der Waals surface area contributed by atoms with E-state index < -0.39 is 17.8 Å². The summed E-state index contributed by atoms with van der Waals surface area (Å²) in [5.74, 6) is -0.413. The Bertz CT molecular complexity index is 749. The maximum Gasteiger partial charge on any atom is 0.435 e. The molecule has 1 aromatic heterocycles. The van der Waals surface area contributed by atoms with Gasteiger partial charge in [-0.25, -0.2) is 0 Å². The van der Waals surface area contributed by atoms with Gasteiger partial charge in [0.05, 0.1) is 6.04 Å². The van der Waals surface area contributed by atoms with E-state index in [9.17, 15) is 18.0 Å². The molecule has 2 aromatic rings. The number of benzene rings is 1. The predicted molar refractivity (Wildman–Crippen MR) is 82.4 cm³/mol. The topological polar surface area (TPSA) is 38.1 Å². The third-order valence-electron chi connectivity index (χ3n) is 4.37. The molecule has 7 heteroatoms. The van der Waals surface area contributed by atoms with Gasteiger partial charge in [0, 0.05) is 19.7 Å². The summed E-state index contributed by atoms with van der Waals surface area (Å²) in [4.78, 5) is 14.4. The first-order valence-corrected chi connectivity index (χ1v) is 7.76. The Morgan fingerprint density at radius 2 is 1.92 bits per heavy atom. The lowest BCUT2D eigenvalue weighted by atomic mass is 10.0. The minimum absolute atomic E-state index is 0.0404. The molecule has 1 amide bonds. The number of hydrogen-bond acceptors (Lipinski definition) is 2. The second-order valence-electron chi connectivity index (χ2n) is 6.10. The Labute approximate surface area is 137 Å². The molecule has 1 saturated heterocycles. The standard InChI is InChI=1S/C17H18F3N3O/c1-11-5-7-12(8-6-11)13-4-3-9-23(13)16(24)14-10-15(17(18,19)20)21-22(14)2/h5-8,10,13H,3-4,9H2,1-2H3. The Hall–Kier alpha value is -2.31. The highest BCUT2D eigenvalue weighted by atomic mass is 19.4. The monoisotopic (exact) mass is 337 g/mol. The van der Waals surface area contributed by atoms with Gasteiger partial charge in [-0.3, -0.25) is 9.48 Å². The Morgan fingerprint density at radius 3 is 2.50 bits per heavy atom. The van der Waals surface area contributed by atoms with Gasteiger partial charge in [0.15, 0.2) is 5.69 Å². The van der Waals surface area contributed by atoms with Gasteiger partial charge in [-0.1, -0.05) is 29.8 Å². The molecule has 1 aliphatic rings. The fourth-order valence-electron chi connectivity index (χ4n) is 3.10. The third kappa shape index (κ3) is 3.02. The molecule has 3 rings (SSSR count). The van der Waals surface area contributed by atoms with Crippen LogP contribution in [0.15, 0.2) is 30.3 Å². The van der Waals surface area contributed by atoms with E-state index >= 15 is 0 Å². The van der Waals surface area contributed by atoms with Gasteiger partial charge in [0.2, 0.25) is 0 Å². The first kappa shape index (κ1) is 16.5. The van der Waals surface area contributed by atoms with Gasteiger partial charge >= 0.3 is 6.18 Å². The largest absolute Gasteiger partial charge is 0.435 e. The molecule has 1 unspecified atom stereocenters. The molecule has 0 radical (unpaired) electrons. The molecule has 4 nitrogen and oxygen atoms in total. The van der Waals surface area contributed by atoms with Crippen LogP contribution in [0.3, 0.4) is 0 Å². The van der Waals surface area contributed by atoms with Crippen LogP contribution in [0, 0.1) is 6.92 Å². The van der Waals surface area contributed by atoms with E-state index in [1.807, 2.05) is 31.2 Å². The maximum atomic E-state index is 12.8. The lowest BCUT2D eigenvalue weighted by Crippen LogP contribution is -2.32. The first-order valence-electron chi connectivity index (χ1n) is 7.76. The van der Waals surface area contributed by atoms with Crippen molar-refractivity contribution in [2.75, 3.05) is 6.54 Å². The average Bonchev–Trinajstić information content (AvgIpc) is 3.13. The summed E-state index contributed by atoms with van der Waals surface area (Å²) in [6.45, 7) is 2.51. The zero-order valence-electron chi connectivity index (χ0n) is 13.5. The number of nitrogens with zero attached hydrogens (tertiary/aromatic N) is 3. The molecular formula is C17H18F3N3O. The summed E-state index contributed by atoms with van der Waals surface area (Å²) in [6, 6.07) is 8.60. The summed E-state index contributed by atoms with van der Waals surface area (Å²) < 4.78 is 39.4. The van der Waals surface area contributed by atoms with Crippen LogP contribution in [0.4, 0.5) is 13.2 Å². The molecule has 128 valence electrons. The van der Waals surface area contributed by atoms with Crippen molar-refractivity contribution >= 4 is 5.91 Å². The molecule has 1 atom stereocenters. The highest BCUT2D eigenvalue weighted by Gasteiger charge is 2.37. The van der Waals surface area contributed by atoms with Crippen molar-refractivity contribution in [3.05, 3.63) is 52.8 Å². The van der Waals surface area contributed by atoms with Crippen molar-refractivity contribution in [3.63, 3.8) is 0 Å². The highest BCUT2D eigenvalue weighted by Crippen LogP contribution is 2.34. The van der Waals surface area contributed by atoms with Crippen LogP contribution in [0.5, 0.6) is 0 Å². The Kier molecular flexibility index (Phi) is 4.11. The Balaban J connectivity index is 1.89. The van der Waals surface area contributed by atoms with Crippen LogP contribution >= 0.6 is 0 Å². The smallest absolute Gasteiger partial charge is 0.330 e. The molecule has 2 heterocycles. The number of aromatic nitrogens is 2. The lowest BCUT2D eigenvalue weighted by molar-refractivity contribution is -0.141. The zero-order valence-corrected chi connectivity index (χ0v) is 13.5. The Morgan fingerprint density at radius 1 is 1.25 bits per heavy atom. The number of carbonyl (C=O) groups excluding carboxylic acids is 1. The summed E-state index contributed by atoms with van der Waals surface area (Å²) >= 11 is 0. The number of aryl methyl sites for hydroxylation is 2. The van der Waals surface area contributed by atoms with Crippen molar-refractivity contribution < 1.29 is 18.0 Å². The number of hydrogen-bond donors (Lipinski definition) is 0. The average molecular weight is 337 g/mol. The van der Waals surface area contributed by atoms with Gasteiger partial charge < -0.3 is 4.90 Å². The van der Waals surface area contributed by atoms with Gasteiger partial charge in [-0.15, -0.1) is 0 Å². The van der Waals surface area contributed by atoms with Crippen LogP contribution in [0.2, 0.25) is 0 Å². The molecule has 0 saturated carbocycles. The summed E-state index contributed by atoms with van der Waals surface area (Å²) in [5.41, 5.74) is 1.04.